The van der Waals surface area contributed by atoms with Crippen molar-refractivity contribution in [2.45, 2.75) is 6.92 Å². The van der Waals surface area contributed by atoms with Gasteiger partial charge in [0.15, 0.2) is 5.78 Å². The van der Waals surface area contributed by atoms with E-state index in [-0.39, 0.29) is 5.78 Å². The molecule has 2 aromatic rings. The van der Waals surface area contributed by atoms with E-state index in [1.54, 1.807) is 6.08 Å². The zero-order valence-corrected chi connectivity index (χ0v) is 11.7. The second-order valence-corrected chi connectivity index (χ2v) is 5.86. The Labute approximate surface area is 113 Å². The number of benzene rings is 1. The van der Waals surface area contributed by atoms with E-state index in [4.69, 9.17) is 0 Å². The number of rotatable bonds is 3. The number of carbonyl (C=O) groups is 1. The molecule has 86 valence electrons. The second kappa shape index (κ2) is 5.43. The summed E-state index contributed by atoms with van der Waals surface area (Å²) in [6.07, 6.45) is 3.46. The van der Waals surface area contributed by atoms with E-state index in [0.717, 1.165) is 19.8 Å². The van der Waals surface area contributed by atoms with Crippen molar-refractivity contribution in [3.8, 4) is 0 Å². The Balaban J connectivity index is 2.10. The summed E-state index contributed by atoms with van der Waals surface area (Å²) in [5.74, 6) is 0.0611. The monoisotopic (exact) mass is 306 g/mol. The predicted octanol–water partition coefficient (Wildman–Crippen LogP) is 4.72. The van der Waals surface area contributed by atoms with Gasteiger partial charge in [0.1, 0.15) is 0 Å². The number of carbonyl (C=O) groups excluding carboxylic acids is 1. The normalized spacial score (nSPS) is 10.9. The van der Waals surface area contributed by atoms with Gasteiger partial charge in [-0.3, -0.25) is 4.79 Å². The number of hydrogen-bond acceptors (Lipinski definition) is 2. The maximum atomic E-state index is 11.8. The molecule has 1 aromatic heterocycles. The summed E-state index contributed by atoms with van der Waals surface area (Å²) in [5.41, 5.74) is 1.02. The molecule has 0 atom stereocenters. The molecule has 17 heavy (non-hydrogen) atoms. The van der Waals surface area contributed by atoms with Crippen LogP contribution in [0.3, 0.4) is 0 Å². The van der Waals surface area contributed by atoms with Gasteiger partial charge in [-0.25, -0.2) is 0 Å². The molecule has 0 aliphatic carbocycles. The highest BCUT2D eigenvalue weighted by Crippen LogP contribution is 2.17. The molecular formula is C14H11BrOS. The van der Waals surface area contributed by atoms with E-state index in [0.29, 0.717) is 0 Å². The Morgan fingerprint density at radius 1 is 1.18 bits per heavy atom. The number of ketones is 1. The number of aryl methyl sites for hydroxylation is 1. The average Bonchev–Trinajstić information content (AvgIpc) is 2.75. The first-order valence-electron chi connectivity index (χ1n) is 5.19. The highest BCUT2D eigenvalue weighted by molar-refractivity contribution is 9.10. The molecule has 1 heterocycles. The largest absolute Gasteiger partial charge is 0.288 e. The fraction of sp³-hybridized carbons (Fsp3) is 0.0714. The minimum Gasteiger partial charge on any atom is -0.288 e. The van der Waals surface area contributed by atoms with Gasteiger partial charge in [-0.1, -0.05) is 34.1 Å². The molecule has 0 radical (unpaired) electrons. The molecule has 0 fully saturated rings. The van der Waals surface area contributed by atoms with Crippen LogP contribution in [0.25, 0.3) is 6.08 Å². The van der Waals surface area contributed by atoms with Gasteiger partial charge in [0.2, 0.25) is 0 Å². The van der Waals surface area contributed by atoms with Crippen LogP contribution in [0, 0.1) is 6.92 Å². The molecule has 0 spiro atoms. The molecule has 0 aliphatic rings. The molecule has 0 aliphatic heterocycles. The van der Waals surface area contributed by atoms with Crippen LogP contribution >= 0.6 is 27.3 Å². The number of halogens is 1. The second-order valence-electron chi connectivity index (χ2n) is 3.66. The maximum Gasteiger partial charge on any atom is 0.195 e. The lowest BCUT2D eigenvalue weighted by Gasteiger charge is -1.93. The summed E-state index contributed by atoms with van der Waals surface area (Å²) in [6.45, 7) is 2.00. The topological polar surface area (TPSA) is 17.1 Å². The van der Waals surface area contributed by atoms with Crippen molar-refractivity contribution in [3.05, 3.63) is 62.3 Å². The van der Waals surface area contributed by atoms with Crippen molar-refractivity contribution in [3.63, 3.8) is 0 Å². The molecule has 1 nitrogen and oxygen atoms in total. The summed E-state index contributed by atoms with van der Waals surface area (Å²) >= 11 is 4.90. The van der Waals surface area contributed by atoms with E-state index in [1.807, 2.05) is 49.4 Å². The Morgan fingerprint density at radius 2 is 1.88 bits per heavy atom. The summed E-state index contributed by atoms with van der Waals surface area (Å²) in [4.78, 5) is 13.8. The highest BCUT2D eigenvalue weighted by atomic mass is 79.9. The molecule has 0 amide bonds. The maximum absolute atomic E-state index is 11.8. The van der Waals surface area contributed by atoms with Crippen molar-refractivity contribution in [1.82, 2.24) is 0 Å². The van der Waals surface area contributed by atoms with Crippen molar-refractivity contribution in [1.29, 1.82) is 0 Å². The Bertz CT molecular complexity index is 552. The van der Waals surface area contributed by atoms with Crippen LogP contribution in [0.5, 0.6) is 0 Å². The molecule has 0 unspecified atom stereocenters. The molecule has 2 rings (SSSR count). The lowest BCUT2D eigenvalue weighted by atomic mass is 10.2. The lowest BCUT2D eigenvalue weighted by Crippen LogP contribution is -1.88. The minimum atomic E-state index is 0.0611. The summed E-state index contributed by atoms with van der Waals surface area (Å²) < 4.78 is 1.04. The van der Waals surface area contributed by atoms with Gasteiger partial charge in [-0.2, -0.15) is 0 Å². The summed E-state index contributed by atoms with van der Waals surface area (Å²) in [6, 6.07) is 11.7. The zero-order valence-electron chi connectivity index (χ0n) is 9.31. The van der Waals surface area contributed by atoms with Gasteiger partial charge in [0, 0.05) is 9.35 Å². The molecule has 0 bridgehead atoms. The summed E-state index contributed by atoms with van der Waals surface area (Å²) in [5, 5.41) is 0. The molecule has 3 heteroatoms. The van der Waals surface area contributed by atoms with Crippen LogP contribution < -0.4 is 0 Å². The van der Waals surface area contributed by atoms with Gasteiger partial charge in [0.05, 0.1) is 4.88 Å². The van der Waals surface area contributed by atoms with Gasteiger partial charge in [-0.05, 0) is 42.8 Å². The van der Waals surface area contributed by atoms with Crippen LogP contribution in [-0.4, -0.2) is 5.78 Å². The smallest absolute Gasteiger partial charge is 0.195 e. The Hall–Kier alpha value is -1.19. The van der Waals surface area contributed by atoms with E-state index >= 15 is 0 Å². The zero-order chi connectivity index (χ0) is 12.3. The van der Waals surface area contributed by atoms with Crippen molar-refractivity contribution in [2.24, 2.45) is 0 Å². The van der Waals surface area contributed by atoms with Crippen molar-refractivity contribution >= 4 is 39.1 Å². The number of allylic oxidation sites excluding steroid dienone is 1. The molecule has 0 saturated carbocycles. The van der Waals surface area contributed by atoms with E-state index in [9.17, 15) is 4.79 Å². The highest BCUT2D eigenvalue weighted by Gasteiger charge is 2.03. The quantitative estimate of drug-likeness (QED) is 0.592. The first-order chi connectivity index (χ1) is 8.15. The molecule has 0 N–H and O–H groups in total. The minimum absolute atomic E-state index is 0.0611. The third-order valence-corrected chi connectivity index (χ3v) is 3.82. The van der Waals surface area contributed by atoms with Crippen molar-refractivity contribution in [2.75, 3.05) is 0 Å². The predicted molar refractivity (Wildman–Crippen MR) is 76.6 cm³/mol. The third-order valence-electron chi connectivity index (χ3n) is 2.28. The molecule has 1 aromatic carbocycles. The van der Waals surface area contributed by atoms with Gasteiger partial charge in [0.25, 0.3) is 0 Å². The van der Waals surface area contributed by atoms with Gasteiger partial charge in [-0.15, -0.1) is 11.3 Å². The van der Waals surface area contributed by atoms with Crippen LogP contribution in [0.4, 0.5) is 0 Å². The lowest BCUT2D eigenvalue weighted by molar-refractivity contribution is 0.105. The first-order valence-corrected chi connectivity index (χ1v) is 6.80. The number of thiophene rings is 1. The van der Waals surface area contributed by atoms with Crippen LogP contribution in [-0.2, 0) is 0 Å². The van der Waals surface area contributed by atoms with E-state index in [2.05, 4.69) is 15.9 Å². The van der Waals surface area contributed by atoms with Crippen LogP contribution in [0.1, 0.15) is 20.1 Å². The van der Waals surface area contributed by atoms with Crippen LogP contribution in [0.2, 0.25) is 0 Å². The van der Waals surface area contributed by atoms with Crippen LogP contribution in [0.15, 0.2) is 46.9 Å². The third kappa shape index (κ3) is 3.38. The molecular weight excluding hydrogens is 296 g/mol. The molecule has 0 saturated heterocycles. The van der Waals surface area contributed by atoms with Gasteiger partial charge >= 0.3 is 0 Å². The standard InChI is InChI=1S/C14H11BrOS/c1-10-2-9-14(17-10)13(16)8-5-11-3-6-12(15)7-4-11/h2-9H,1H3/b8-5+. The SMILES string of the molecule is Cc1ccc(C(=O)/C=C/c2ccc(Br)cc2)s1. The average molecular weight is 307 g/mol. The van der Waals surface area contributed by atoms with E-state index in [1.165, 1.54) is 11.3 Å². The number of hydrogen-bond donors (Lipinski definition) is 0. The fourth-order valence-corrected chi connectivity index (χ4v) is 2.45. The first kappa shape index (κ1) is 12.3. The van der Waals surface area contributed by atoms with E-state index < -0.39 is 0 Å². The fourth-order valence-electron chi connectivity index (χ4n) is 1.39. The Kier molecular flexibility index (Phi) is 3.92. The Morgan fingerprint density at radius 3 is 2.47 bits per heavy atom. The summed E-state index contributed by atoms with van der Waals surface area (Å²) in [7, 11) is 0. The van der Waals surface area contributed by atoms with Crippen molar-refractivity contribution < 1.29 is 4.79 Å². The van der Waals surface area contributed by atoms with Gasteiger partial charge < -0.3 is 0 Å².